The molecule has 0 atom stereocenters. The number of hydrogen-bond acceptors (Lipinski definition) is 3. The van der Waals surface area contributed by atoms with E-state index in [0.717, 1.165) is 14.2 Å². The summed E-state index contributed by atoms with van der Waals surface area (Å²) in [5.41, 5.74) is 1.49. The Morgan fingerprint density at radius 3 is 2.58 bits per heavy atom. The summed E-state index contributed by atoms with van der Waals surface area (Å²) in [5.74, 6) is 0.302. The molecule has 3 rings (SSSR count). The summed E-state index contributed by atoms with van der Waals surface area (Å²) in [4.78, 5) is 12.8. The number of thiophene rings is 1. The van der Waals surface area contributed by atoms with Crippen LogP contribution in [0.3, 0.4) is 0 Å². The monoisotopic (exact) mass is 332 g/mol. The van der Waals surface area contributed by atoms with Crippen molar-refractivity contribution in [2.75, 3.05) is 0 Å². The second kappa shape index (κ2) is 5.15. The van der Waals surface area contributed by atoms with E-state index >= 15 is 0 Å². The molecule has 0 fully saturated rings. The zero-order valence-corrected chi connectivity index (χ0v) is 12.2. The van der Waals surface area contributed by atoms with Gasteiger partial charge in [-0.15, -0.1) is 11.3 Å². The summed E-state index contributed by atoms with van der Waals surface area (Å²) in [6.07, 6.45) is 3.62. The van der Waals surface area contributed by atoms with Crippen LogP contribution in [-0.2, 0) is 9.53 Å². The molecule has 0 amide bonds. The van der Waals surface area contributed by atoms with Gasteiger partial charge in [-0.2, -0.15) is 0 Å². The second-order valence-corrected chi connectivity index (χ2v) is 6.50. The van der Waals surface area contributed by atoms with E-state index in [1.165, 1.54) is 0 Å². The maximum atomic E-state index is 11.8. The molecule has 0 radical (unpaired) electrons. The lowest BCUT2D eigenvalue weighted by Gasteiger charge is -1.99. The molecule has 0 bridgehead atoms. The van der Waals surface area contributed by atoms with Gasteiger partial charge in [-0.3, -0.25) is 0 Å². The lowest BCUT2D eigenvalue weighted by molar-refractivity contribution is -0.130. The van der Waals surface area contributed by atoms with Crippen LogP contribution in [-0.4, -0.2) is 5.97 Å². The SMILES string of the molecule is O=C1OC(c2ccccc2)=CC1=Cc1ccc(Br)s1. The van der Waals surface area contributed by atoms with E-state index < -0.39 is 0 Å². The van der Waals surface area contributed by atoms with Crippen LogP contribution in [0, 0.1) is 0 Å². The summed E-state index contributed by atoms with van der Waals surface area (Å²) in [6.45, 7) is 0. The van der Waals surface area contributed by atoms with Crippen molar-refractivity contribution in [1.82, 2.24) is 0 Å². The van der Waals surface area contributed by atoms with Crippen LogP contribution in [0.1, 0.15) is 10.4 Å². The first kappa shape index (κ1) is 12.4. The lowest BCUT2D eigenvalue weighted by atomic mass is 10.1. The highest BCUT2D eigenvalue weighted by Crippen LogP contribution is 2.29. The van der Waals surface area contributed by atoms with Crippen molar-refractivity contribution in [2.45, 2.75) is 0 Å². The minimum absolute atomic E-state index is 0.302. The van der Waals surface area contributed by atoms with Gasteiger partial charge in [0.1, 0.15) is 5.76 Å². The molecule has 4 heteroatoms. The van der Waals surface area contributed by atoms with E-state index in [9.17, 15) is 4.79 Å². The van der Waals surface area contributed by atoms with Gasteiger partial charge in [-0.25, -0.2) is 4.79 Å². The minimum Gasteiger partial charge on any atom is -0.422 e. The van der Waals surface area contributed by atoms with Crippen LogP contribution in [0.5, 0.6) is 0 Å². The lowest BCUT2D eigenvalue weighted by Crippen LogP contribution is -1.96. The van der Waals surface area contributed by atoms with Gasteiger partial charge < -0.3 is 4.74 Å². The summed E-state index contributed by atoms with van der Waals surface area (Å²) >= 11 is 4.98. The molecule has 2 aromatic rings. The van der Waals surface area contributed by atoms with Gasteiger partial charge in [0.05, 0.1) is 9.36 Å². The Hall–Kier alpha value is -1.65. The smallest absolute Gasteiger partial charge is 0.343 e. The van der Waals surface area contributed by atoms with Crippen molar-refractivity contribution in [3.63, 3.8) is 0 Å². The standard InChI is InChI=1S/C15H9BrO2S/c16-14-7-6-12(19-14)8-11-9-13(18-15(11)17)10-4-2-1-3-5-10/h1-9H. The van der Waals surface area contributed by atoms with E-state index in [4.69, 9.17) is 4.74 Å². The second-order valence-electron chi connectivity index (χ2n) is 4.01. The Kier molecular flexibility index (Phi) is 3.36. The van der Waals surface area contributed by atoms with Crippen molar-refractivity contribution in [3.8, 4) is 0 Å². The van der Waals surface area contributed by atoms with E-state index in [-0.39, 0.29) is 5.97 Å². The van der Waals surface area contributed by atoms with Crippen LogP contribution < -0.4 is 0 Å². The van der Waals surface area contributed by atoms with Crippen molar-refractivity contribution in [1.29, 1.82) is 0 Å². The fraction of sp³-hybridized carbons (Fsp3) is 0. The average Bonchev–Trinajstić information content (AvgIpc) is 2.98. The van der Waals surface area contributed by atoms with Crippen LogP contribution in [0.15, 0.2) is 57.9 Å². The van der Waals surface area contributed by atoms with Gasteiger partial charge in [-0.05, 0) is 40.2 Å². The Morgan fingerprint density at radius 2 is 1.89 bits per heavy atom. The average molecular weight is 333 g/mol. The Balaban J connectivity index is 1.94. The van der Waals surface area contributed by atoms with Gasteiger partial charge in [0, 0.05) is 10.4 Å². The number of ether oxygens (including phenoxy) is 1. The fourth-order valence-electron chi connectivity index (χ4n) is 1.79. The van der Waals surface area contributed by atoms with Gasteiger partial charge in [0.15, 0.2) is 0 Å². The largest absolute Gasteiger partial charge is 0.422 e. The minimum atomic E-state index is -0.302. The first-order chi connectivity index (χ1) is 9.22. The highest BCUT2D eigenvalue weighted by atomic mass is 79.9. The van der Waals surface area contributed by atoms with Crippen molar-refractivity contribution >= 4 is 45.1 Å². The van der Waals surface area contributed by atoms with Gasteiger partial charge in [0.25, 0.3) is 0 Å². The first-order valence-corrected chi connectivity index (χ1v) is 7.30. The fourth-order valence-corrected chi connectivity index (χ4v) is 3.17. The van der Waals surface area contributed by atoms with Crippen molar-refractivity contribution in [3.05, 3.63) is 68.3 Å². The number of benzene rings is 1. The maximum Gasteiger partial charge on any atom is 0.343 e. The topological polar surface area (TPSA) is 26.3 Å². The molecule has 0 spiro atoms. The molecule has 1 aromatic heterocycles. The molecule has 0 aliphatic carbocycles. The predicted octanol–water partition coefficient (Wildman–Crippen LogP) is 4.49. The number of halogens is 1. The van der Waals surface area contributed by atoms with E-state index in [2.05, 4.69) is 15.9 Å². The number of rotatable bonds is 2. The van der Waals surface area contributed by atoms with Crippen LogP contribution in [0.4, 0.5) is 0 Å². The molecule has 1 aromatic carbocycles. The summed E-state index contributed by atoms with van der Waals surface area (Å²) in [5, 5.41) is 0. The van der Waals surface area contributed by atoms with Gasteiger partial charge in [-0.1, -0.05) is 30.3 Å². The van der Waals surface area contributed by atoms with Crippen molar-refractivity contribution in [2.24, 2.45) is 0 Å². The Bertz CT molecular complexity index is 683. The molecule has 2 nitrogen and oxygen atoms in total. The van der Waals surface area contributed by atoms with Gasteiger partial charge >= 0.3 is 5.97 Å². The molecule has 0 saturated heterocycles. The maximum absolute atomic E-state index is 11.8. The van der Waals surface area contributed by atoms with E-state index in [0.29, 0.717) is 11.3 Å². The summed E-state index contributed by atoms with van der Waals surface area (Å²) < 4.78 is 6.33. The molecule has 94 valence electrons. The molecule has 1 aliphatic rings. The molecule has 0 unspecified atom stereocenters. The first-order valence-electron chi connectivity index (χ1n) is 5.69. The number of carbonyl (C=O) groups excluding carboxylic acids is 1. The molecule has 2 heterocycles. The Labute approximate surface area is 123 Å². The zero-order chi connectivity index (χ0) is 13.2. The third kappa shape index (κ3) is 2.69. The van der Waals surface area contributed by atoms with E-state index in [1.54, 1.807) is 17.4 Å². The quantitative estimate of drug-likeness (QED) is 0.598. The summed E-state index contributed by atoms with van der Waals surface area (Å²) in [7, 11) is 0. The normalized spacial score (nSPS) is 16.6. The third-order valence-corrected chi connectivity index (χ3v) is 4.25. The highest BCUT2D eigenvalue weighted by Gasteiger charge is 2.21. The number of hydrogen-bond donors (Lipinski definition) is 0. The van der Waals surface area contributed by atoms with E-state index in [1.807, 2.05) is 48.5 Å². The molecular formula is C15H9BrO2S. The van der Waals surface area contributed by atoms with Gasteiger partial charge in [0.2, 0.25) is 0 Å². The summed E-state index contributed by atoms with van der Waals surface area (Å²) in [6, 6.07) is 13.5. The van der Waals surface area contributed by atoms with Crippen LogP contribution in [0.2, 0.25) is 0 Å². The molecule has 19 heavy (non-hydrogen) atoms. The molecule has 0 N–H and O–H groups in total. The van der Waals surface area contributed by atoms with Crippen LogP contribution in [0.25, 0.3) is 11.8 Å². The van der Waals surface area contributed by atoms with Crippen molar-refractivity contribution < 1.29 is 9.53 Å². The predicted molar refractivity (Wildman–Crippen MR) is 80.5 cm³/mol. The number of carbonyl (C=O) groups is 1. The number of esters is 1. The Morgan fingerprint density at radius 1 is 1.11 bits per heavy atom. The third-order valence-electron chi connectivity index (χ3n) is 2.68. The highest BCUT2D eigenvalue weighted by molar-refractivity contribution is 9.11. The molecule has 0 saturated carbocycles. The molecular weight excluding hydrogens is 324 g/mol. The number of cyclic esters (lactones) is 1. The zero-order valence-electron chi connectivity index (χ0n) is 9.80. The van der Waals surface area contributed by atoms with Crippen LogP contribution >= 0.6 is 27.3 Å². The molecule has 1 aliphatic heterocycles.